The second-order valence-electron chi connectivity index (χ2n) is 9.00. The first kappa shape index (κ1) is 23.7. The summed E-state index contributed by atoms with van der Waals surface area (Å²) < 4.78 is 30.6. The third kappa shape index (κ3) is 4.74. The molecule has 11 heteroatoms. The Morgan fingerprint density at radius 1 is 1.17 bits per heavy atom. The molecule has 8 nitrogen and oxygen atoms in total. The van der Waals surface area contributed by atoms with E-state index in [1.54, 1.807) is 30.1 Å². The van der Waals surface area contributed by atoms with Gasteiger partial charge >= 0.3 is 0 Å². The van der Waals surface area contributed by atoms with E-state index in [-0.39, 0.29) is 17.4 Å². The zero-order chi connectivity index (χ0) is 24.5. The number of likely N-dealkylation sites (tertiary alicyclic amines) is 1. The second-order valence-corrected chi connectivity index (χ2v) is 10.1. The first-order chi connectivity index (χ1) is 16.9. The number of hydrogen-bond donors (Lipinski definition) is 1. The molecule has 2 aliphatic heterocycles. The maximum Gasteiger partial charge on any atom is 0.267 e. The third-order valence-electron chi connectivity index (χ3n) is 6.81. The lowest BCUT2D eigenvalue weighted by molar-refractivity contribution is 0.0995. The highest BCUT2D eigenvalue weighted by atomic mass is 32.2. The van der Waals surface area contributed by atoms with Gasteiger partial charge in [0, 0.05) is 50.2 Å². The van der Waals surface area contributed by atoms with Gasteiger partial charge in [0.15, 0.2) is 11.0 Å². The van der Waals surface area contributed by atoms with Crippen LogP contribution in [-0.4, -0.2) is 68.5 Å². The zero-order valence-electron chi connectivity index (χ0n) is 19.4. The number of amides is 1. The Hall–Kier alpha value is -3.05. The van der Waals surface area contributed by atoms with Crippen LogP contribution < -0.4 is 10.6 Å². The fourth-order valence-corrected chi connectivity index (χ4v) is 5.92. The first-order valence-corrected chi connectivity index (χ1v) is 12.6. The van der Waals surface area contributed by atoms with Crippen molar-refractivity contribution < 1.29 is 13.6 Å². The van der Waals surface area contributed by atoms with E-state index in [4.69, 9.17) is 5.73 Å². The fourth-order valence-electron chi connectivity index (χ4n) is 5.09. The molecule has 0 spiro atoms. The topological polar surface area (TPSA) is 93.2 Å². The zero-order valence-corrected chi connectivity index (χ0v) is 20.2. The summed E-state index contributed by atoms with van der Waals surface area (Å²) in [7, 11) is 1.90. The minimum absolute atomic E-state index is 0.120. The molecule has 0 saturated carbocycles. The van der Waals surface area contributed by atoms with Crippen LogP contribution in [0.4, 0.5) is 14.5 Å². The molecule has 2 fully saturated rings. The molecule has 2 saturated heterocycles. The van der Waals surface area contributed by atoms with Crippen LogP contribution in [0.15, 0.2) is 41.7 Å². The van der Waals surface area contributed by atoms with Gasteiger partial charge in [-0.25, -0.2) is 8.78 Å². The molecule has 3 aromatic rings. The lowest BCUT2D eigenvalue weighted by Gasteiger charge is -2.27. The van der Waals surface area contributed by atoms with Crippen LogP contribution >= 0.6 is 11.8 Å². The highest BCUT2D eigenvalue weighted by molar-refractivity contribution is 7.99. The van der Waals surface area contributed by atoms with E-state index in [2.05, 4.69) is 20.1 Å². The van der Waals surface area contributed by atoms with E-state index >= 15 is 0 Å². The lowest BCUT2D eigenvalue weighted by Crippen LogP contribution is -2.36. The van der Waals surface area contributed by atoms with Gasteiger partial charge in [0.25, 0.3) is 5.91 Å². The highest BCUT2D eigenvalue weighted by Crippen LogP contribution is 2.37. The maximum absolute atomic E-state index is 14.3. The van der Waals surface area contributed by atoms with Crippen LogP contribution in [0, 0.1) is 17.6 Å². The van der Waals surface area contributed by atoms with E-state index < -0.39 is 17.5 Å². The summed E-state index contributed by atoms with van der Waals surface area (Å²) in [4.78, 5) is 19.6. The van der Waals surface area contributed by atoms with Gasteiger partial charge in [-0.05, 0) is 49.6 Å². The number of fused-ring (bicyclic) bond motifs is 1. The summed E-state index contributed by atoms with van der Waals surface area (Å²) in [5.74, 6) is 0.453. The molecule has 0 unspecified atom stereocenters. The molecule has 0 radical (unpaired) electrons. The average molecular weight is 500 g/mol. The summed E-state index contributed by atoms with van der Waals surface area (Å²) in [6.07, 6.45) is 3.50. The SMILES string of the molecule is Cn1c(SCCCN2C[C@@H]3CCN(c4c(F)cccc4F)[C@@H]3C2)nnc1-c1ccc(C(N)=O)nc1. The Balaban J connectivity index is 1.13. The summed E-state index contributed by atoms with van der Waals surface area (Å²) in [6, 6.07) is 7.57. The fraction of sp³-hybridized carbons (Fsp3) is 0.417. The van der Waals surface area contributed by atoms with Gasteiger partial charge in [0.1, 0.15) is 23.0 Å². The maximum atomic E-state index is 14.3. The average Bonchev–Trinajstić information content (AvgIpc) is 3.52. The number of benzene rings is 1. The van der Waals surface area contributed by atoms with Crippen molar-refractivity contribution in [3.8, 4) is 11.4 Å². The highest BCUT2D eigenvalue weighted by Gasteiger charge is 2.42. The van der Waals surface area contributed by atoms with Crippen molar-refractivity contribution in [2.45, 2.75) is 24.0 Å². The van der Waals surface area contributed by atoms with Gasteiger partial charge in [-0.15, -0.1) is 10.2 Å². The van der Waals surface area contributed by atoms with Crippen molar-refractivity contribution in [2.75, 3.05) is 36.8 Å². The molecule has 184 valence electrons. The van der Waals surface area contributed by atoms with Crippen molar-refractivity contribution in [3.63, 3.8) is 0 Å². The molecule has 4 heterocycles. The Morgan fingerprint density at radius 2 is 1.97 bits per heavy atom. The van der Waals surface area contributed by atoms with Crippen LogP contribution in [0.3, 0.4) is 0 Å². The van der Waals surface area contributed by atoms with Crippen molar-refractivity contribution in [1.82, 2.24) is 24.6 Å². The number of nitrogens with zero attached hydrogens (tertiary/aromatic N) is 6. The van der Waals surface area contributed by atoms with Crippen molar-refractivity contribution in [1.29, 1.82) is 0 Å². The Labute approximate surface area is 206 Å². The van der Waals surface area contributed by atoms with Crippen LogP contribution in [-0.2, 0) is 7.05 Å². The molecule has 1 amide bonds. The Morgan fingerprint density at radius 3 is 2.69 bits per heavy atom. The van der Waals surface area contributed by atoms with E-state index in [0.29, 0.717) is 18.3 Å². The molecular weight excluding hydrogens is 472 g/mol. The van der Waals surface area contributed by atoms with E-state index in [1.165, 1.54) is 18.2 Å². The predicted molar refractivity (Wildman–Crippen MR) is 130 cm³/mol. The van der Waals surface area contributed by atoms with E-state index in [9.17, 15) is 13.6 Å². The molecule has 0 aliphatic carbocycles. The Bertz CT molecular complexity index is 1200. The molecule has 5 rings (SSSR count). The lowest BCUT2D eigenvalue weighted by atomic mass is 10.0. The van der Waals surface area contributed by atoms with Gasteiger partial charge in [-0.1, -0.05) is 17.8 Å². The standard InChI is InChI=1S/C24H27F2N7OS/c1-31-23(15-6-7-19(22(27)34)28-12-15)29-30-24(31)35-11-3-9-32-13-16-8-10-33(20(16)14-32)21-17(25)4-2-5-18(21)26/h2,4-7,12,16,20H,3,8-11,13-14H2,1H3,(H2,27,34)/t16-,20+/m0/s1. The number of carbonyl (C=O) groups is 1. The summed E-state index contributed by atoms with van der Waals surface area (Å²) in [6.45, 7) is 3.42. The number of halogens is 2. The van der Waals surface area contributed by atoms with Crippen molar-refractivity contribution in [2.24, 2.45) is 18.7 Å². The molecule has 2 aliphatic rings. The van der Waals surface area contributed by atoms with Crippen molar-refractivity contribution in [3.05, 3.63) is 53.9 Å². The van der Waals surface area contributed by atoms with Crippen molar-refractivity contribution >= 4 is 23.4 Å². The number of pyridine rings is 1. The summed E-state index contributed by atoms with van der Waals surface area (Å²) >= 11 is 1.64. The Kier molecular flexibility index (Phi) is 6.70. The minimum atomic E-state index is -0.570. The van der Waals surface area contributed by atoms with Gasteiger partial charge in [-0.2, -0.15) is 0 Å². The number of primary amides is 1. The van der Waals surface area contributed by atoms with E-state index in [1.807, 2.05) is 16.5 Å². The molecule has 2 aromatic heterocycles. The van der Waals surface area contributed by atoms with E-state index in [0.717, 1.165) is 48.9 Å². The number of rotatable bonds is 8. The molecule has 2 atom stereocenters. The number of anilines is 1. The molecule has 35 heavy (non-hydrogen) atoms. The van der Waals surface area contributed by atoms with Crippen LogP contribution in [0.1, 0.15) is 23.3 Å². The number of para-hydroxylation sites is 1. The molecule has 2 N–H and O–H groups in total. The molecular formula is C24H27F2N7OS. The quantitative estimate of drug-likeness (QED) is 0.376. The largest absolute Gasteiger partial charge is 0.364 e. The number of nitrogens with two attached hydrogens (primary N) is 1. The second kappa shape index (κ2) is 9.90. The predicted octanol–water partition coefficient (Wildman–Crippen LogP) is 2.95. The van der Waals surface area contributed by atoms with Crippen LogP contribution in [0.2, 0.25) is 0 Å². The van der Waals surface area contributed by atoms with Crippen LogP contribution in [0.25, 0.3) is 11.4 Å². The van der Waals surface area contributed by atoms with Gasteiger partial charge in [-0.3, -0.25) is 9.78 Å². The molecule has 0 bridgehead atoms. The number of carbonyl (C=O) groups excluding carboxylic acids is 1. The molecule has 1 aromatic carbocycles. The first-order valence-electron chi connectivity index (χ1n) is 11.6. The third-order valence-corrected chi connectivity index (χ3v) is 7.91. The smallest absolute Gasteiger partial charge is 0.267 e. The number of hydrogen-bond acceptors (Lipinski definition) is 7. The minimum Gasteiger partial charge on any atom is -0.364 e. The van der Waals surface area contributed by atoms with Gasteiger partial charge in [0.2, 0.25) is 0 Å². The number of aromatic nitrogens is 4. The van der Waals surface area contributed by atoms with Crippen LogP contribution in [0.5, 0.6) is 0 Å². The summed E-state index contributed by atoms with van der Waals surface area (Å²) in [5.41, 5.74) is 6.34. The normalized spacial score (nSPS) is 19.9. The summed E-state index contributed by atoms with van der Waals surface area (Å²) in [5, 5.41) is 9.36. The number of thioether (sulfide) groups is 1. The van der Waals surface area contributed by atoms with Gasteiger partial charge in [0.05, 0.1) is 0 Å². The monoisotopic (exact) mass is 499 g/mol. The van der Waals surface area contributed by atoms with Gasteiger partial charge < -0.3 is 20.1 Å².